The summed E-state index contributed by atoms with van der Waals surface area (Å²) < 4.78 is 0. The van der Waals surface area contributed by atoms with E-state index in [0.29, 0.717) is 38.0 Å². The molecule has 4 rings (SSSR count). The molecule has 4 amide bonds. The van der Waals surface area contributed by atoms with E-state index < -0.39 is 6.04 Å². The number of benzene rings is 1. The molecule has 0 bridgehead atoms. The van der Waals surface area contributed by atoms with Crippen LogP contribution in [0.25, 0.3) is 0 Å². The lowest BCUT2D eigenvalue weighted by molar-refractivity contribution is -0.138. The van der Waals surface area contributed by atoms with E-state index in [9.17, 15) is 14.4 Å². The van der Waals surface area contributed by atoms with Crippen molar-refractivity contribution >= 4 is 17.8 Å². The summed E-state index contributed by atoms with van der Waals surface area (Å²) in [5.41, 5.74) is 1.50. The quantitative estimate of drug-likeness (QED) is 0.772. The molecule has 25 heavy (non-hydrogen) atoms. The van der Waals surface area contributed by atoms with Crippen LogP contribution in [0.5, 0.6) is 0 Å². The summed E-state index contributed by atoms with van der Waals surface area (Å²) in [5, 5.41) is 8.84. The third-order valence-electron chi connectivity index (χ3n) is 5.26. The van der Waals surface area contributed by atoms with Gasteiger partial charge in [-0.25, -0.2) is 9.69 Å². The van der Waals surface area contributed by atoms with E-state index in [1.165, 1.54) is 4.90 Å². The molecule has 3 aliphatic rings. The molecule has 1 aromatic rings. The van der Waals surface area contributed by atoms with Gasteiger partial charge in [0.05, 0.1) is 11.6 Å². The Bertz CT molecular complexity index is 761. The van der Waals surface area contributed by atoms with E-state index in [1.807, 2.05) is 12.1 Å². The van der Waals surface area contributed by atoms with Gasteiger partial charge in [-0.1, -0.05) is 12.1 Å². The zero-order valence-corrected chi connectivity index (χ0v) is 13.7. The molecule has 3 aliphatic heterocycles. The van der Waals surface area contributed by atoms with Crippen molar-refractivity contribution < 1.29 is 14.4 Å². The van der Waals surface area contributed by atoms with Crippen molar-refractivity contribution in [3.05, 3.63) is 35.4 Å². The number of fused-ring (bicyclic) bond motifs is 1. The molecular weight excluding hydrogens is 320 g/mol. The zero-order valence-electron chi connectivity index (χ0n) is 13.7. The molecule has 0 aromatic heterocycles. The SMILES string of the molecule is N#Cc1ccc(CN2CC[C@H](N3C(=O)[C@@H]4CCCN4C3=O)C2=O)cc1. The van der Waals surface area contributed by atoms with E-state index >= 15 is 0 Å². The van der Waals surface area contributed by atoms with Crippen molar-refractivity contribution in [1.29, 1.82) is 5.26 Å². The minimum Gasteiger partial charge on any atom is -0.336 e. The number of hydrogen-bond donors (Lipinski definition) is 0. The highest BCUT2D eigenvalue weighted by Gasteiger charge is 2.53. The van der Waals surface area contributed by atoms with E-state index in [2.05, 4.69) is 6.07 Å². The van der Waals surface area contributed by atoms with Gasteiger partial charge in [0.25, 0.3) is 5.91 Å². The molecule has 0 unspecified atom stereocenters. The van der Waals surface area contributed by atoms with Crippen molar-refractivity contribution in [1.82, 2.24) is 14.7 Å². The number of rotatable bonds is 3. The first kappa shape index (κ1) is 15.6. The summed E-state index contributed by atoms with van der Waals surface area (Å²) in [6.07, 6.45) is 2.02. The van der Waals surface area contributed by atoms with E-state index in [1.54, 1.807) is 21.9 Å². The predicted molar refractivity (Wildman–Crippen MR) is 86.9 cm³/mol. The highest BCUT2D eigenvalue weighted by atomic mass is 16.2. The highest BCUT2D eigenvalue weighted by molar-refractivity contribution is 6.08. The molecule has 1 aromatic carbocycles. The summed E-state index contributed by atoms with van der Waals surface area (Å²) in [4.78, 5) is 42.2. The van der Waals surface area contributed by atoms with Gasteiger partial charge in [-0.3, -0.25) is 9.59 Å². The summed E-state index contributed by atoms with van der Waals surface area (Å²) in [6, 6.07) is 7.78. The lowest BCUT2D eigenvalue weighted by Crippen LogP contribution is -2.46. The Labute approximate surface area is 145 Å². The Hall–Kier alpha value is -2.88. The van der Waals surface area contributed by atoms with Gasteiger partial charge in [0.15, 0.2) is 0 Å². The fourth-order valence-electron chi connectivity index (χ4n) is 3.96. The van der Waals surface area contributed by atoms with Crippen molar-refractivity contribution in [3.8, 4) is 6.07 Å². The first-order valence-corrected chi connectivity index (χ1v) is 8.51. The number of nitrogens with zero attached hydrogens (tertiary/aromatic N) is 4. The second-order valence-electron chi connectivity index (χ2n) is 6.72. The number of imide groups is 1. The van der Waals surface area contributed by atoms with Crippen LogP contribution in [0.3, 0.4) is 0 Å². The van der Waals surface area contributed by atoms with Crippen LogP contribution in [0.1, 0.15) is 30.4 Å². The smallest absolute Gasteiger partial charge is 0.328 e. The molecular formula is C18H18N4O3. The number of likely N-dealkylation sites (tertiary alicyclic amines) is 1. The molecule has 0 aliphatic carbocycles. The largest absolute Gasteiger partial charge is 0.336 e. The minimum atomic E-state index is -0.677. The Kier molecular flexibility index (Phi) is 3.68. The summed E-state index contributed by atoms with van der Waals surface area (Å²) in [7, 11) is 0. The lowest BCUT2D eigenvalue weighted by Gasteiger charge is -2.22. The molecule has 0 spiro atoms. The Morgan fingerprint density at radius 2 is 1.76 bits per heavy atom. The Balaban J connectivity index is 1.47. The van der Waals surface area contributed by atoms with Gasteiger partial charge in [-0.05, 0) is 37.0 Å². The fourth-order valence-corrected chi connectivity index (χ4v) is 3.96. The molecule has 0 radical (unpaired) electrons. The molecule has 3 saturated heterocycles. The first-order chi connectivity index (χ1) is 12.1. The summed E-state index contributed by atoms with van der Waals surface area (Å²) >= 11 is 0. The average molecular weight is 338 g/mol. The van der Waals surface area contributed by atoms with Gasteiger partial charge < -0.3 is 9.80 Å². The van der Waals surface area contributed by atoms with Gasteiger partial charge in [0.1, 0.15) is 12.1 Å². The molecule has 128 valence electrons. The van der Waals surface area contributed by atoms with E-state index in [-0.39, 0.29) is 23.9 Å². The van der Waals surface area contributed by atoms with E-state index in [0.717, 1.165) is 12.0 Å². The van der Waals surface area contributed by atoms with Crippen LogP contribution in [-0.2, 0) is 16.1 Å². The third kappa shape index (κ3) is 2.45. The second-order valence-corrected chi connectivity index (χ2v) is 6.72. The zero-order chi connectivity index (χ0) is 17.6. The standard InChI is InChI=1S/C18H18N4O3/c19-10-12-3-5-13(6-4-12)11-20-9-7-15(16(20)23)22-17(24)14-2-1-8-21(14)18(22)25/h3-6,14-15H,1-2,7-9,11H2/t14-,15-/m0/s1. The number of nitriles is 1. The topological polar surface area (TPSA) is 84.7 Å². The molecule has 7 heteroatoms. The molecule has 7 nitrogen and oxygen atoms in total. The van der Waals surface area contributed by atoms with Crippen molar-refractivity contribution in [2.75, 3.05) is 13.1 Å². The van der Waals surface area contributed by atoms with Crippen LogP contribution in [0.4, 0.5) is 4.79 Å². The first-order valence-electron chi connectivity index (χ1n) is 8.51. The summed E-state index contributed by atoms with van der Waals surface area (Å²) in [6.45, 7) is 1.54. The second kappa shape index (κ2) is 5.88. The van der Waals surface area contributed by atoms with Gasteiger partial charge in [-0.2, -0.15) is 5.26 Å². The number of hydrogen-bond acceptors (Lipinski definition) is 4. The van der Waals surface area contributed by atoms with Crippen molar-refractivity contribution in [3.63, 3.8) is 0 Å². The van der Waals surface area contributed by atoms with Gasteiger partial charge >= 0.3 is 6.03 Å². The predicted octanol–water partition coefficient (Wildman–Crippen LogP) is 1.09. The summed E-state index contributed by atoms with van der Waals surface area (Å²) in [5.74, 6) is -0.395. The fraction of sp³-hybridized carbons (Fsp3) is 0.444. The third-order valence-corrected chi connectivity index (χ3v) is 5.26. The molecule has 3 heterocycles. The van der Waals surface area contributed by atoms with Gasteiger partial charge in [-0.15, -0.1) is 0 Å². The number of urea groups is 1. The van der Waals surface area contributed by atoms with Crippen LogP contribution in [0.2, 0.25) is 0 Å². The average Bonchev–Trinajstić information content (AvgIpc) is 3.29. The Morgan fingerprint density at radius 1 is 1.00 bits per heavy atom. The Morgan fingerprint density at radius 3 is 2.44 bits per heavy atom. The van der Waals surface area contributed by atoms with Crippen LogP contribution in [-0.4, -0.2) is 57.7 Å². The van der Waals surface area contributed by atoms with Crippen LogP contribution in [0, 0.1) is 11.3 Å². The van der Waals surface area contributed by atoms with Crippen molar-refractivity contribution in [2.45, 2.75) is 37.9 Å². The van der Waals surface area contributed by atoms with Crippen LogP contribution in [0.15, 0.2) is 24.3 Å². The maximum Gasteiger partial charge on any atom is 0.328 e. The van der Waals surface area contributed by atoms with Crippen LogP contribution < -0.4 is 0 Å². The van der Waals surface area contributed by atoms with Crippen molar-refractivity contribution in [2.24, 2.45) is 0 Å². The maximum atomic E-state index is 12.7. The van der Waals surface area contributed by atoms with Crippen LogP contribution >= 0.6 is 0 Å². The van der Waals surface area contributed by atoms with Gasteiger partial charge in [0, 0.05) is 19.6 Å². The minimum absolute atomic E-state index is 0.174. The molecule has 0 N–H and O–H groups in total. The normalized spacial score (nSPS) is 25.7. The number of carbonyl (C=O) groups excluding carboxylic acids is 3. The van der Waals surface area contributed by atoms with Gasteiger partial charge in [0.2, 0.25) is 5.91 Å². The molecule has 2 atom stereocenters. The number of amides is 4. The molecule has 3 fully saturated rings. The number of carbonyl (C=O) groups is 3. The maximum absolute atomic E-state index is 12.7. The highest BCUT2D eigenvalue weighted by Crippen LogP contribution is 2.31. The lowest BCUT2D eigenvalue weighted by atomic mass is 10.1. The van der Waals surface area contributed by atoms with E-state index in [4.69, 9.17) is 5.26 Å². The monoisotopic (exact) mass is 338 g/mol. The molecule has 0 saturated carbocycles.